The van der Waals surface area contributed by atoms with Gasteiger partial charge in [-0.1, -0.05) is 0 Å². The molecule has 0 atom stereocenters. The number of likely N-dealkylation sites (tertiary alicyclic amines) is 1. The predicted octanol–water partition coefficient (Wildman–Crippen LogP) is 3.42. The van der Waals surface area contributed by atoms with E-state index < -0.39 is 22.4 Å². The predicted molar refractivity (Wildman–Crippen MR) is 92.2 cm³/mol. The summed E-state index contributed by atoms with van der Waals surface area (Å²) in [6.45, 7) is 6.23. The Balaban J connectivity index is 2.04. The van der Waals surface area contributed by atoms with Crippen molar-refractivity contribution in [3.63, 3.8) is 0 Å². The number of anilines is 1. The molecule has 9 heteroatoms. The third-order valence-corrected chi connectivity index (χ3v) is 3.91. The number of nitrogens with one attached hydrogen (secondary N) is 1. The van der Waals surface area contributed by atoms with Crippen LogP contribution in [0.15, 0.2) is 12.1 Å². The van der Waals surface area contributed by atoms with Gasteiger partial charge >= 0.3 is 6.09 Å². The summed E-state index contributed by atoms with van der Waals surface area (Å²) in [4.78, 5) is 24.2. The maximum atomic E-state index is 13.8. The van der Waals surface area contributed by atoms with Crippen LogP contribution in [0.25, 0.3) is 0 Å². The number of halogens is 1. The SMILES string of the molecule is CC(C)(C)OC(=O)N1CCC(Nc2cc(F)c(C#N)cc2[N+](=O)[O-])CC1. The van der Waals surface area contributed by atoms with Gasteiger partial charge in [-0.05, 0) is 33.6 Å². The van der Waals surface area contributed by atoms with E-state index in [1.165, 1.54) is 0 Å². The van der Waals surface area contributed by atoms with Gasteiger partial charge in [0.25, 0.3) is 5.69 Å². The summed E-state index contributed by atoms with van der Waals surface area (Å²) < 4.78 is 19.1. The number of carbonyl (C=O) groups excluding carboxylic acids is 1. The van der Waals surface area contributed by atoms with Gasteiger partial charge in [0.15, 0.2) is 0 Å². The summed E-state index contributed by atoms with van der Waals surface area (Å²) in [7, 11) is 0. The van der Waals surface area contributed by atoms with Gasteiger partial charge < -0.3 is 15.0 Å². The normalized spacial score (nSPS) is 15.3. The highest BCUT2D eigenvalue weighted by atomic mass is 19.1. The van der Waals surface area contributed by atoms with Crippen molar-refractivity contribution in [2.45, 2.75) is 45.3 Å². The first-order valence-corrected chi connectivity index (χ1v) is 8.23. The van der Waals surface area contributed by atoms with E-state index in [1.54, 1.807) is 31.7 Å². The first kappa shape index (κ1) is 19.4. The molecule has 1 aliphatic heterocycles. The summed E-state index contributed by atoms with van der Waals surface area (Å²) in [5.41, 5.74) is -1.27. The van der Waals surface area contributed by atoms with E-state index in [0.717, 1.165) is 12.1 Å². The molecule has 1 amide bonds. The Morgan fingerprint density at radius 1 is 1.42 bits per heavy atom. The highest BCUT2D eigenvalue weighted by molar-refractivity contribution is 5.68. The van der Waals surface area contributed by atoms with Crippen molar-refractivity contribution in [1.29, 1.82) is 5.26 Å². The first-order chi connectivity index (χ1) is 12.1. The van der Waals surface area contributed by atoms with Crippen LogP contribution < -0.4 is 5.32 Å². The summed E-state index contributed by atoms with van der Waals surface area (Å²) in [6, 6.07) is 3.33. The number of nitro groups is 1. The largest absolute Gasteiger partial charge is 0.444 e. The monoisotopic (exact) mass is 364 g/mol. The van der Waals surface area contributed by atoms with Crippen LogP contribution in [0.1, 0.15) is 39.2 Å². The van der Waals surface area contributed by atoms with Crippen molar-refractivity contribution < 1.29 is 18.8 Å². The number of piperidine rings is 1. The van der Waals surface area contributed by atoms with Crippen molar-refractivity contribution in [3.05, 3.63) is 33.6 Å². The first-order valence-electron chi connectivity index (χ1n) is 8.23. The molecule has 0 radical (unpaired) electrons. The second kappa shape index (κ2) is 7.56. The number of rotatable bonds is 3. The summed E-state index contributed by atoms with van der Waals surface area (Å²) in [5.74, 6) is -0.813. The fourth-order valence-electron chi connectivity index (χ4n) is 2.67. The number of carbonyl (C=O) groups is 1. The summed E-state index contributed by atoms with van der Waals surface area (Å²) >= 11 is 0. The second-order valence-corrected chi connectivity index (χ2v) is 7.10. The van der Waals surface area contributed by atoms with Gasteiger partial charge in [0.05, 0.1) is 10.5 Å². The zero-order valence-electron chi connectivity index (χ0n) is 14.9. The number of nitro benzene ring substituents is 1. The number of nitrogens with zero attached hydrogens (tertiary/aromatic N) is 3. The molecule has 2 rings (SSSR count). The highest BCUT2D eigenvalue weighted by Gasteiger charge is 2.28. The van der Waals surface area contributed by atoms with Crippen LogP contribution in [0, 0.1) is 27.3 Å². The van der Waals surface area contributed by atoms with Gasteiger partial charge in [-0.15, -0.1) is 0 Å². The molecule has 1 fully saturated rings. The van der Waals surface area contributed by atoms with Crippen molar-refractivity contribution in [3.8, 4) is 6.07 Å². The minimum absolute atomic E-state index is 0.0298. The van der Waals surface area contributed by atoms with Crippen LogP contribution in [0.4, 0.5) is 20.6 Å². The zero-order valence-corrected chi connectivity index (χ0v) is 14.9. The molecule has 1 aliphatic rings. The van der Waals surface area contributed by atoms with E-state index in [-0.39, 0.29) is 23.0 Å². The molecule has 0 aromatic heterocycles. The van der Waals surface area contributed by atoms with E-state index in [9.17, 15) is 19.3 Å². The zero-order chi connectivity index (χ0) is 19.5. The van der Waals surface area contributed by atoms with Crippen LogP contribution in [0.3, 0.4) is 0 Å². The molecule has 140 valence electrons. The number of nitriles is 1. The number of hydrogen-bond acceptors (Lipinski definition) is 6. The van der Waals surface area contributed by atoms with Gasteiger partial charge in [-0.25, -0.2) is 9.18 Å². The van der Waals surface area contributed by atoms with Gasteiger partial charge in [-0.3, -0.25) is 10.1 Å². The van der Waals surface area contributed by atoms with Gasteiger partial charge in [0.2, 0.25) is 0 Å². The Morgan fingerprint density at radius 3 is 2.54 bits per heavy atom. The molecule has 0 unspecified atom stereocenters. The van der Waals surface area contributed by atoms with Crippen molar-refractivity contribution in [2.75, 3.05) is 18.4 Å². The lowest BCUT2D eigenvalue weighted by Crippen LogP contribution is -2.44. The summed E-state index contributed by atoms with van der Waals surface area (Å²) in [6.07, 6.45) is 0.683. The quantitative estimate of drug-likeness (QED) is 0.650. The van der Waals surface area contributed by atoms with E-state index >= 15 is 0 Å². The lowest BCUT2D eigenvalue weighted by molar-refractivity contribution is -0.384. The fourth-order valence-corrected chi connectivity index (χ4v) is 2.67. The number of benzene rings is 1. The molecule has 0 saturated carbocycles. The van der Waals surface area contributed by atoms with Crippen molar-refractivity contribution in [2.24, 2.45) is 0 Å². The molecule has 0 bridgehead atoms. The Bertz CT molecular complexity index is 746. The molecule has 1 heterocycles. The molecule has 0 aliphatic carbocycles. The Labute approximate surface area is 150 Å². The molecular weight excluding hydrogens is 343 g/mol. The Morgan fingerprint density at radius 2 is 2.04 bits per heavy atom. The van der Waals surface area contributed by atoms with Crippen LogP contribution in [-0.2, 0) is 4.74 Å². The third-order valence-electron chi connectivity index (χ3n) is 3.91. The molecule has 1 N–H and O–H groups in total. The van der Waals surface area contributed by atoms with Crippen molar-refractivity contribution in [1.82, 2.24) is 4.90 Å². The molecule has 1 aromatic carbocycles. The van der Waals surface area contributed by atoms with E-state index in [4.69, 9.17) is 10.00 Å². The average Bonchev–Trinajstić information content (AvgIpc) is 2.53. The standard InChI is InChI=1S/C17H21FN4O4/c1-17(2,3)26-16(23)21-6-4-12(5-7-21)20-14-9-13(18)11(10-19)8-15(14)22(24)25/h8-9,12,20H,4-7H2,1-3H3. The van der Waals surface area contributed by atoms with E-state index in [0.29, 0.717) is 25.9 Å². The van der Waals surface area contributed by atoms with Crippen molar-refractivity contribution >= 4 is 17.5 Å². The minimum atomic E-state index is -0.813. The van der Waals surface area contributed by atoms with Gasteiger partial charge in [0.1, 0.15) is 23.2 Å². The number of amides is 1. The lowest BCUT2D eigenvalue weighted by Gasteiger charge is -2.34. The lowest BCUT2D eigenvalue weighted by atomic mass is 10.0. The Hall–Kier alpha value is -2.89. The second-order valence-electron chi connectivity index (χ2n) is 7.10. The van der Waals surface area contributed by atoms with Gasteiger partial charge in [0, 0.05) is 31.3 Å². The van der Waals surface area contributed by atoms with Crippen LogP contribution in [0.2, 0.25) is 0 Å². The molecule has 0 spiro atoms. The van der Waals surface area contributed by atoms with E-state index in [2.05, 4.69) is 5.32 Å². The maximum Gasteiger partial charge on any atom is 0.410 e. The molecule has 26 heavy (non-hydrogen) atoms. The van der Waals surface area contributed by atoms with Crippen LogP contribution in [0.5, 0.6) is 0 Å². The minimum Gasteiger partial charge on any atom is -0.444 e. The van der Waals surface area contributed by atoms with Crippen LogP contribution in [-0.4, -0.2) is 40.6 Å². The van der Waals surface area contributed by atoms with E-state index in [1.807, 2.05) is 0 Å². The molecule has 1 saturated heterocycles. The Kier molecular flexibility index (Phi) is 5.65. The fraction of sp³-hybridized carbons (Fsp3) is 0.529. The van der Waals surface area contributed by atoms with Gasteiger partial charge in [-0.2, -0.15) is 5.26 Å². The molecular formula is C17H21FN4O4. The molecule has 8 nitrogen and oxygen atoms in total. The summed E-state index contributed by atoms with van der Waals surface area (Å²) in [5, 5.41) is 23.0. The third kappa shape index (κ3) is 4.81. The highest BCUT2D eigenvalue weighted by Crippen LogP contribution is 2.29. The molecule has 1 aromatic rings. The smallest absolute Gasteiger partial charge is 0.410 e. The number of ether oxygens (including phenoxy) is 1. The van der Waals surface area contributed by atoms with Crippen LogP contribution >= 0.6 is 0 Å². The number of hydrogen-bond donors (Lipinski definition) is 1. The average molecular weight is 364 g/mol. The maximum absolute atomic E-state index is 13.8. The topological polar surface area (TPSA) is 108 Å².